The number of nitrogens with one attached hydrogen (secondary N) is 1. The number of carbonyl (C=O) groups excluding carboxylic acids is 1. The molecule has 2 rings (SSSR count). The van der Waals surface area contributed by atoms with Gasteiger partial charge in [0, 0.05) is 18.6 Å². The molecule has 4 nitrogen and oxygen atoms in total. The molecule has 124 valence electrons. The number of hydrogen-bond acceptors (Lipinski definition) is 3. The summed E-state index contributed by atoms with van der Waals surface area (Å²) in [5, 5.41) is 3.25. The predicted octanol–water partition coefficient (Wildman–Crippen LogP) is 2.30. The Morgan fingerprint density at radius 1 is 1.14 bits per heavy atom. The van der Waals surface area contributed by atoms with Crippen molar-refractivity contribution in [3.8, 4) is 0 Å². The van der Waals surface area contributed by atoms with Gasteiger partial charge in [0.2, 0.25) is 5.91 Å². The van der Waals surface area contributed by atoms with Crippen LogP contribution in [-0.2, 0) is 4.79 Å². The summed E-state index contributed by atoms with van der Waals surface area (Å²) in [5.41, 5.74) is 6.03. The number of nitrogens with two attached hydrogens (primary N) is 1. The van der Waals surface area contributed by atoms with Gasteiger partial charge in [-0.3, -0.25) is 9.69 Å². The monoisotopic (exact) mass is 317 g/mol. The molecule has 2 fully saturated rings. The van der Waals surface area contributed by atoms with Crippen molar-refractivity contribution in [1.29, 1.82) is 0 Å². The Bertz CT molecular complexity index is 319. The average Bonchev–Trinajstić information content (AvgIpc) is 2.47. The summed E-state index contributed by atoms with van der Waals surface area (Å²) < 4.78 is 0. The van der Waals surface area contributed by atoms with Crippen molar-refractivity contribution < 1.29 is 4.79 Å². The summed E-state index contributed by atoms with van der Waals surface area (Å²) in [4.78, 5) is 14.7. The van der Waals surface area contributed by atoms with Gasteiger partial charge in [-0.05, 0) is 52.0 Å². The second-order valence-electron chi connectivity index (χ2n) is 6.78. The minimum absolute atomic E-state index is 0. The number of carbonyl (C=O) groups is 1. The molecule has 1 saturated carbocycles. The number of likely N-dealkylation sites (tertiary alicyclic amines) is 1. The minimum Gasteiger partial charge on any atom is -0.352 e. The third-order valence-electron chi connectivity index (χ3n) is 5.11. The Kier molecular flexibility index (Phi) is 7.99. The van der Waals surface area contributed by atoms with Crippen LogP contribution < -0.4 is 11.1 Å². The maximum atomic E-state index is 12.4. The second kappa shape index (κ2) is 8.96. The summed E-state index contributed by atoms with van der Waals surface area (Å²) in [7, 11) is 0. The lowest BCUT2D eigenvalue weighted by molar-refractivity contribution is -0.127. The molecular weight excluding hydrogens is 286 g/mol. The Morgan fingerprint density at radius 2 is 1.81 bits per heavy atom. The molecule has 0 aromatic heterocycles. The first kappa shape index (κ1) is 18.7. The van der Waals surface area contributed by atoms with E-state index in [2.05, 4.69) is 17.1 Å². The first-order valence-corrected chi connectivity index (χ1v) is 8.38. The van der Waals surface area contributed by atoms with Gasteiger partial charge in [0.25, 0.3) is 0 Å². The maximum Gasteiger partial charge on any atom is 0.237 e. The van der Waals surface area contributed by atoms with Crippen molar-refractivity contribution in [3.05, 3.63) is 0 Å². The van der Waals surface area contributed by atoms with Gasteiger partial charge >= 0.3 is 0 Å². The largest absolute Gasteiger partial charge is 0.352 e. The molecule has 0 aromatic rings. The van der Waals surface area contributed by atoms with Gasteiger partial charge in [-0.25, -0.2) is 0 Å². The zero-order chi connectivity index (χ0) is 14.5. The molecule has 3 N–H and O–H groups in total. The topological polar surface area (TPSA) is 58.4 Å². The van der Waals surface area contributed by atoms with Crippen LogP contribution in [0.4, 0.5) is 0 Å². The quantitative estimate of drug-likeness (QED) is 0.836. The standard InChI is InChI=1S/C16H31N3O.ClH/c1-12(17)14-7-6-10-19(11-14)13(2)16(20)18-15-8-4-3-5-9-15;/h12-15H,3-11,17H2,1-2H3,(H,18,20);1H. The van der Waals surface area contributed by atoms with Crippen molar-refractivity contribution in [2.75, 3.05) is 13.1 Å². The van der Waals surface area contributed by atoms with E-state index < -0.39 is 0 Å². The van der Waals surface area contributed by atoms with Crippen LogP contribution in [0.25, 0.3) is 0 Å². The summed E-state index contributed by atoms with van der Waals surface area (Å²) in [5.74, 6) is 0.746. The van der Waals surface area contributed by atoms with E-state index in [-0.39, 0.29) is 30.4 Å². The molecule has 1 aliphatic heterocycles. The van der Waals surface area contributed by atoms with Gasteiger partial charge in [0.05, 0.1) is 6.04 Å². The smallest absolute Gasteiger partial charge is 0.237 e. The number of rotatable bonds is 4. The molecule has 3 unspecified atom stereocenters. The zero-order valence-electron chi connectivity index (χ0n) is 13.5. The Morgan fingerprint density at radius 3 is 2.43 bits per heavy atom. The summed E-state index contributed by atoms with van der Waals surface area (Å²) in [6, 6.07) is 0.623. The van der Waals surface area contributed by atoms with E-state index in [1.165, 1.54) is 25.7 Å². The van der Waals surface area contributed by atoms with E-state index in [9.17, 15) is 4.79 Å². The van der Waals surface area contributed by atoms with Crippen LogP contribution >= 0.6 is 12.4 Å². The van der Waals surface area contributed by atoms with Crippen molar-refractivity contribution >= 4 is 18.3 Å². The molecule has 1 aliphatic carbocycles. The molecule has 1 amide bonds. The third-order valence-corrected chi connectivity index (χ3v) is 5.11. The van der Waals surface area contributed by atoms with Gasteiger partial charge in [0.1, 0.15) is 0 Å². The van der Waals surface area contributed by atoms with Crippen molar-refractivity contribution in [3.63, 3.8) is 0 Å². The van der Waals surface area contributed by atoms with E-state index in [4.69, 9.17) is 5.73 Å². The Hall–Kier alpha value is -0.320. The lowest BCUT2D eigenvalue weighted by Gasteiger charge is -2.38. The van der Waals surface area contributed by atoms with E-state index in [1.807, 2.05) is 6.92 Å². The molecule has 21 heavy (non-hydrogen) atoms. The fourth-order valence-corrected chi connectivity index (χ4v) is 3.56. The van der Waals surface area contributed by atoms with Gasteiger partial charge < -0.3 is 11.1 Å². The fraction of sp³-hybridized carbons (Fsp3) is 0.938. The minimum atomic E-state index is -0.0153. The highest BCUT2D eigenvalue weighted by Gasteiger charge is 2.29. The van der Waals surface area contributed by atoms with E-state index >= 15 is 0 Å². The molecule has 0 bridgehead atoms. The number of nitrogens with zero attached hydrogens (tertiary/aromatic N) is 1. The summed E-state index contributed by atoms with van der Waals surface area (Å²) in [6.45, 7) is 6.13. The van der Waals surface area contributed by atoms with Gasteiger partial charge in [0.15, 0.2) is 0 Å². The maximum absolute atomic E-state index is 12.4. The van der Waals surface area contributed by atoms with E-state index in [0.717, 1.165) is 32.4 Å². The van der Waals surface area contributed by atoms with E-state index in [0.29, 0.717) is 12.0 Å². The van der Waals surface area contributed by atoms with Crippen molar-refractivity contribution in [2.24, 2.45) is 11.7 Å². The Balaban J connectivity index is 0.00000220. The molecule has 0 radical (unpaired) electrons. The molecule has 0 spiro atoms. The highest BCUT2D eigenvalue weighted by Crippen LogP contribution is 2.21. The SMILES string of the molecule is CC(N)C1CCCN(C(C)C(=O)NC2CCCCC2)C1.Cl. The van der Waals surface area contributed by atoms with Crippen LogP contribution in [0.5, 0.6) is 0 Å². The predicted molar refractivity (Wildman–Crippen MR) is 89.7 cm³/mol. The number of halogens is 1. The molecule has 0 aromatic carbocycles. The van der Waals surface area contributed by atoms with Crippen LogP contribution in [0.2, 0.25) is 0 Å². The number of amides is 1. The van der Waals surface area contributed by atoms with Gasteiger partial charge in [-0.15, -0.1) is 12.4 Å². The lowest BCUT2D eigenvalue weighted by Crippen LogP contribution is -2.53. The lowest BCUT2D eigenvalue weighted by atomic mass is 9.91. The molecule has 1 heterocycles. The van der Waals surface area contributed by atoms with Crippen molar-refractivity contribution in [2.45, 2.75) is 76.9 Å². The average molecular weight is 318 g/mol. The molecule has 2 aliphatic rings. The molecule has 5 heteroatoms. The number of piperidine rings is 1. The highest BCUT2D eigenvalue weighted by atomic mass is 35.5. The van der Waals surface area contributed by atoms with E-state index in [1.54, 1.807) is 0 Å². The molecular formula is C16H32ClN3O. The first-order valence-electron chi connectivity index (χ1n) is 8.38. The van der Waals surface area contributed by atoms with Gasteiger partial charge in [-0.1, -0.05) is 19.3 Å². The molecule has 1 saturated heterocycles. The van der Waals surface area contributed by atoms with Gasteiger partial charge in [-0.2, -0.15) is 0 Å². The van der Waals surface area contributed by atoms with Crippen LogP contribution in [-0.4, -0.2) is 42.0 Å². The second-order valence-corrected chi connectivity index (χ2v) is 6.78. The highest BCUT2D eigenvalue weighted by molar-refractivity contribution is 5.85. The van der Waals surface area contributed by atoms with Crippen LogP contribution in [0, 0.1) is 5.92 Å². The van der Waals surface area contributed by atoms with Crippen LogP contribution in [0.3, 0.4) is 0 Å². The van der Waals surface area contributed by atoms with Crippen molar-refractivity contribution in [1.82, 2.24) is 10.2 Å². The zero-order valence-corrected chi connectivity index (χ0v) is 14.3. The summed E-state index contributed by atoms with van der Waals surface area (Å²) in [6.07, 6.45) is 8.51. The Labute approximate surface area is 135 Å². The summed E-state index contributed by atoms with van der Waals surface area (Å²) >= 11 is 0. The van der Waals surface area contributed by atoms with Crippen LogP contribution in [0.1, 0.15) is 58.8 Å². The third kappa shape index (κ3) is 5.42. The normalized spacial score (nSPS) is 27.5. The fourth-order valence-electron chi connectivity index (χ4n) is 3.56. The van der Waals surface area contributed by atoms with Crippen LogP contribution in [0.15, 0.2) is 0 Å². The first-order chi connectivity index (χ1) is 9.58. The number of hydrogen-bond donors (Lipinski definition) is 2. The molecule has 3 atom stereocenters.